The second-order valence-corrected chi connectivity index (χ2v) is 5.35. The van der Waals surface area contributed by atoms with E-state index < -0.39 is 5.97 Å². The topological polar surface area (TPSA) is 65.0 Å². The fraction of sp³-hybridized carbons (Fsp3) is 0.800. The van der Waals surface area contributed by atoms with Gasteiger partial charge in [0.05, 0.1) is 12.8 Å². The lowest BCUT2D eigenvalue weighted by Crippen LogP contribution is -2.19. The Bertz CT molecular complexity index is 365. The zero-order valence-corrected chi connectivity index (χ0v) is 12.7. The third-order valence-electron chi connectivity index (χ3n) is 3.83. The predicted octanol–water partition coefficient (Wildman–Crippen LogP) is 3.08. The number of carbonyl (C=O) groups excluding carboxylic acids is 2. The Balaban J connectivity index is 2.67. The first-order chi connectivity index (χ1) is 9.58. The molecular weight excluding hydrogens is 258 g/mol. The highest BCUT2D eigenvalue weighted by Gasteiger charge is 2.34. The van der Waals surface area contributed by atoms with Crippen molar-refractivity contribution >= 4 is 17.7 Å². The van der Waals surface area contributed by atoms with Gasteiger partial charge in [0.1, 0.15) is 0 Å². The number of hydrogen-bond acceptors (Lipinski definition) is 5. The largest absolute Gasteiger partial charge is 0.469 e. The summed E-state index contributed by atoms with van der Waals surface area (Å²) in [6, 6.07) is 0. The van der Waals surface area contributed by atoms with Crippen molar-refractivity contribution < 1.29 is 19.2 Å². The molecular formula is C15H25NO4. The molecule has 0 aromatic heterocycles. The number of methoxy groups -OCH3 is 1. The van der Waals surface area contributed by atoms with Crippen molar-refractivity contribution in [3.63, 3.8) is 0 Å². The lowest BCUT2D eigenvalue weighted by atomic mass is 9.87. The molecule has 1 aliphatic rings. The predicted molar refractivity (Wildman–Crippen MR) is 76.2 cm³/mol. The molecule has 0 aliphatic heterocycles. The summed E-state index contributed by atoms with van der Waals surface area (Å²) < 4.78 is 4.76. The van der Waals surface area contributed by atoms with Gasteiger partial charge in [-0.15, -0.1) is 0 Å². The first-order valence-electron chi connectivity index (χ1n) is 7.39. The Morgan fingerprint density at radius 3 is 2.70 bits per heavy atom. The third kappa shape index (κ3) is 5.31. The zero-order valence-electron chi connectivity index (χ0n) is 12.7. The molecule has 0 spiro atoms. The van der Waals surface area contributed by atoms with Crippen molar-refractivity contribution in [1.82, 2.24) is 0 Å². The van der Waals surface area contributed by atoms with Crippen LogP contribution in [0.5, 0.6) is 0 Å². The van der Waals surface area contributed by atoms with Crippen LogP contribution in [0, 0.1) is 11.8 Å². The van der Waals surface area contributed by atoms with Crippen LogP contribution in [0.1, 0.15) is 58.8 Å². The van der Waals surface area contributed by atoms with Gasteiger partial charge in [-0.2, -0.15) is 0 Å². The Kier molecular flexibility index (Phi) is 7.26. The molecule has 0 bridgehead atoms. The molecule has 0 aromatic carbocycles. The molecule has 20 heavy (non-hydrogen) atoms. The lowest BCUT2D eigenvalue weighted by Gasteiger charge is -2.18. The monoisotopic (exact) mass is 283 g/mol. The summed E-state index contributed by atoms with van der Waals surface area (Å²) in [7, 11) is 1.41. The number of oxime groups is 1. The molecule has 1 fully saturated rings. The molecule has 0 aromatic rings. The van der Waals surface area contributed by atoms with E-state index in [0.29, 0.717) is 6.42 Å². The zero-order chi connectivity index (χ0) is 15.0. The number of nitrogens with zero attached hydrogens (tertiary/aromatic N) is 1. The van der Waals surface area contributed by atoms with E-state index in [-0.39, 0.29) is 17.8 Å². The minimum atomic E-state index is -0.402. The second-order valence-electron chi connectivity index (χ2n) is 5.35. The number of hydrogen-bond donors (Lipinski definition) is 0. The highest BCUT2D eigenvalue weighted by molar-refractivity contribution is 5.89. The number of ether oxygens (including phenoxy) is 1. The molecule has 0 saturated heterocycles. The van der Waals surface area contributed by atoms with Crippen LogP contribution < -0.4 is 0 Å². The van der Waals surface area contributed by atoms with Gasteiger partial charge >= 0.3 is 11.9 Å². The maximum Gasteiger partial charge on any atom is 0.331 e. The van der Waals surface area contributed by atoms with Crippen molar-refractivity contribution in [2.45, 2.75) is 58.8 Å². The number of esters is 1. The van der Waals surface area contributed by atoms with Crippen molar-refractivity contribution in [2.24, 2.45) is 17.0 Å². The summed E-state index contributed by atoms with van der Waals surface area (Å²) in [5, 5.41) is 3.98. The maximum absolute atomic E-state index is 11.5. The number of rotatable bonds is 7. The molecule has 114 valence electrons. The minimum Gasteiger partial charge on any atom is -0.469 e. The van der Waals surface area contributed by atoms with Crippen molar-refractivity contribution in [3.05, 3.63) is 0 Å². The van der Waals surface area contributed by atoms with Crippen LogP contribution >= 0.6 is 0 Å². The van der Waals surface area contributed by atoms with Crippen LogP contribution in [-0.4, -0.2) is 24.8 Å². The van der Waals surface area contributed by atoms with Gasteiger partial charge in [0, 0.05) is 19.3 Å². The Morgan fingerprint density at radius 1 is 1.35 bits per heavy atom. The van der Waals surface area contributed by atoms with Crippen molar-refractivity contribution in [2.75, 3.05) is 7.11 Å². The normalized spacial score (nSPS) is 23.9. The van der Waals surface area contributed by atoms with E-state index in [9.17, 15) is 9.59 Å². The number of unbranched alkanes of at least 4 members (excludes halogenated alkanes) is 2. The molecule has 5 nitrogen and oxygen atoms in total. The van der Waals surface area contributed by atoms with Crippen LogP contribution in [0.15, 0.2) is 5.16 Å². The van der Waals surface area contributed by atoms with E-state index in [4.69, 9.17) is 9.57 Å². The van der Waals surface area contributed by atoms with E-state index in [0.717, 1.165) is 37.8 Å². The fourth-order valence-corrected chi connectivity index (χ4v) is 2.79. The van der Waals surface area contributed by atoms with E-state index in [2.05, 4.69) is 12.1 Å². The van der Waals surface area contributed by atoms with Crippen LogP contribution in [0.2, 0.25) is 0 Å². The van der Waals surface area contributed by atoms with Gasteiger partial charge in [0.15, 0.2) is 0 Å². The highest BCUT2D eigenvalue weighted by atomic mass is 16.7. The average molecular weight is 283 g/mol. The molecule has 0 heterocycles. The summed E-state index contributed by atoms with van der Waals surface area (Å²) in [6.07, 6.45) is 6.56. The van der Waals surface area contributed by atoms with Gasteiger partial charge in [0.25, 0.3) is 0 Å². The maximum atomic E-state index is 11.5. The van der Waals surface area contributed by atoms with Crippen LogP contribution in [0.4, 0.5) is 0 Å². The van der Waals surface area contributed by atoms with Gasteiger partial charge in [-0.05, 0) is 25.2 Å². The van der Waals surface area contributed by atoms with Crippen LogP contribution in [0.3, 0.4) is 0 Å². The smallest absolute Gasteiger partial charge is 0.331 e. The first kappa shape index (κ1) is 16.7. The molecule has 5 heteroatoms. The molecule has 2 atom stereocenters. The molecule has 1 aliphatic carbocycles. The third-order valence-corrected chi connectivity index (χ3v) is 3.83. The van der Waals surface area contributed by atoms with Crippen LogP contribution in [-0.2, 0) is 19.2 Å². The van der Waals surface area contributed by atoms with Gasteiger partial charge in [-0.25, -0.2) is 4.79 Å². The van der Waals surface area contributed by atoms with Gasteiger partial charge < -0.3 is 9.57 Å². The fourth-order valence-electron chi connectivity index (χ4n) is 2.79. The van der Waals surface area contributed by atoms with Gasteiger partial charge in [-0.3, -0.25) is 4.79 Å². The summed E-state index contributed by atoms with van der Waals surface area (Å²) in [5.41, 5.74) is 0.921. The molecule has 1 saturated carbocycles. The summed E-state index contributed by atoms with van der Waals surface area (Å²) in [5.74, 6) is -0.0842. The standard InChI is InChI=1S/C15H25NO4/c1-4-5-6-7-13-12(10-15(18)19-3)8-9-14(13)16-20-11(2)17/h12-13H,4-10H2,1-3H3/b16-14+. The quantitative estimate of drug-likeness (QED) is 0.312. The SMILES string of the molecule is CCCCCC1/C(=N/OC(C)=O)CCC1CC(=O)OC. The van der Waals surface area contributed by atoms with E-state index in [1.807, 2.05) is 0 Å². The van der Waals surface area contributed by atoms with Crippen molar-refractivity contribution in [3.8, 4) is 0 Å². The Morgan fingerprint density at radius 2 is 2.10 bits per heavy atom. The van der Waals surface area contributed by atoms with Crippen molar-refractivity contribution in [1.29, 1.82) is 0 Å². The second kappa shape index (κ2) is 8.72. The van der Waals surface area contributed by atoms with Crippen LogP contribution in [0.25, 0.3) is 0 Å². The number of carbonyl (C=O) groups is 2. The Hall–Kier alpha value is -1.39. The summed E-state index contributed by atoms with van der Waals surface area (Å²) in [6.45, 7) is 3.51. The molecule has 1 rings (SSSR count). The first-order valence-corrected chi connectivity index (χ1v) is 7.39. The lowest BCUT2D eigenvalue weighted by molar-refractivity contribution is -0.142. The Labute approximate surface area is 120 Å². The molecule has 0 N–H and O–H groups in total. The van der Waals surface area contributed by atoms with Gasteiger partial charge in [-0.1, -0.05) is 31.3 Å². The highest BCUT2D eigenvalue weighted by Crippen LogP contribution is 2.36. The van der Waals surface area contributed by atoms with Gasteiger partial charge in [0.2, 0.25) is 0 Å². The summed E-state index contributed by atoms with van der Waals surface area (Å²) >= 11 is 0. The minimum absolute atomic E-state index is 0.177. The molecule has 2 unspecified atom stereocenters. The molecule has 0 radical (unpaired) electrons. The summed E-state index contributed by atoms with van der Waals surface area (Å²) in [4.78, 5) is 27.1. The van der Waals surface area contributed by atoms with E-state index in [1.54, 1.807) is 0 Å². The van der Waals surface area contributed by atoms with E-state index >= 15 is 0 Å². The molecule has 0 amide bonds. The van der Waals surface area contributed by atoms with E-state index in [1.165, 1.54) is 20.5 Å². The average Bonchev–Trinajstić information content (AvgIpc) is 2.79.